The molecule has 41 heavy (non-hydrogen) atoms. The van der Waals surface area contributed by atoms with Crippen molar-refractivity contribution in [1.29, 1.82) is 0 Å². The maximum Gasteiger partial charge on any atom is 0.347 e. The fraction of sp³-hybridized carbons (Fsp3) is 0.471. The van der Waals surface area contributed by atoms with Crippen LogP contribution in [0, 0.1) is 5.92 Å². The highest BCUT2D eigenvalue weighted by molar-refractivity contribution is 7.95. The van der Waals surface area contributed by atoms with E-state index < -0.39 is 14.9 Å². The fourth-order valence-electron chi connectivity index (χ4n) is 5.58. The summed E-state index contributed by atoms with van der Waals surface area (Å²) in [5.74, 6) is -0.0928. The number of rotatable bonds is 19. The van der Waals surface area contributed by atoms with E-state index in [1.54, 1.807) is 0 Å². The average molecular weight is 663 g/mol. The largest absolute Gasteiger partial charge is 1.00 e. The van der Waals surface area contributed by atoms with Gasteiger partial charge in [0.1, 0.15) is 29.0 Å². The summed E-state index contributed by atoms with van der Waals surface area (Å²) < 4.78 is 24.5. The first-order valence-corrected chi connectivity index (χ1v) is 18.7. The maximum absolute atomic E-state index is 13.3. The third kappa shape index (κ3) is 10.1. The van der Waals surface area contributed by atoms with Gasteiger partial charge in [-0.3, -0.25) is 4.57 Å². The molecule has 3 aromatic carbocycles. The van der Waals surface area contributed by atoms with Crippen LogP contribution in [0.3, 0.4) is 0 Å². The summed E-state index contributed by atoms with van der Waals surface area (Å²) in [5.41, 5.74) is 0. The number of halogens is 1. The van der Waals surface area contributed by atoms with Crippen molar-refractivity contribution in [3.05, 3.63) is 91.0 Å². The highest BCUT2D eigenvalue weighted by Gasteiger charge is 2.44. The summed E-state index contributed by atoms with van der Waals surface area (Å²) in [7, 11) is -4.88. The van der Waals surface area contributed by atoms with Gasteiger partial charge in [-0.1, -0.05) is 87.7 Å². The third-order valence-corrected chi connectivity index (χ3v) is 14.7. The molecule has 1 atom stereocenters. The van der Waals surface area contributed by atoms with Crippen molar-refractivity contribution >= 4 is 30.8 Å². The molecule has 3 aromatic rings. The molecule has 0 saturated carbocycles. The second kappa shape index (κ2) is 19.1. The molecule has 0 aromatic heterocycles. The van der Waals surface area contributed by atoms with E-state index in [2.05, 4.69) is 110 Å². The third-order valence-electron chi connectivity index (χ3n) is 7.45. The second-order valence-corrected chi connectivity index (χ2v) is 16.4. The Morgan fingerprint density at radius 3 is 1.44 bits per heavy atom. The topological polar surface area (TPSA) is 47.6 Å². The summed E-state index contributed by atoms with van der Waals surface area (Å²) >= 11 is 0. The molecule has 226 valence electrons. The molecular weight excluding hydrogens is 612 g/mol. The smallest absolute Gasteiger partial charge is 0.347 e. The Morgan fingerprint density at radius 2 is 1.05 bits per heavy atom. The van der Waals surface area contributed by atoms with E-state index in [0.29, 0.717) is 13.2 Å². The Labute approximate surface area is 260 Å². The highest BCUT2D eigenvalue weighted by Crippen LogP contribution is 2.56. The number of unbranched alkanes of at least 4 members (excludes halogenated alkanes) is 5. The predicted octanol–water partition coefficient (Wildman–Crippen LogP) is 5.16. The zero-order chi connectivity index (χ0) is 28.7. The summed E-state index contributed by atoms with van der Waals surface area (Å²) in [6.07, 6.45) is 8.33. The molecule has 0 radical (unpaired) electrons. The van der Waals surface area contributed by atoms with Crippen LogP contribution >= 0.6 is 14.9 Å². The van der Waals surface area contributed by atoms with Gasteiger partial charge < -0.3 is 31.3 Å². The molecule has 4 nitrogen and oxygen atoms in total. The van der Waals surface area contributed by atoms with Crippen LogP contribution in [0.2, 0.25) is 0 Å². The Hall–Kier alpha value is -1.32. The summed E-state index contributed by atoms with van der Waals surface area (Å²) in [5, 5.41) is 7.90. The molecule has 0 aliphatic rings. The van der Waals surface area contributed by atoms with Crippen LogP contribution in [-0.2, 0) is 13.6 Å². The lowest BCUT2D eigenvalue weighted by atomic mass is 10.1. The minimum absolute atomic E-state index is 0. The van der Waals surface area contributed by atoms with Gasteiger partial charge in [0.25, 0.3) is 0 Å². The Bertz CT molecular complexity index is 1030. The van der Waals surface area contributed by atoms with Crippen LogP contribution < -0.4 is 38.2 Å². The zero-order valence-corrected chi connectivity index (χ0v) is 28.8. The molecule has 0 amide bonds. The van der Waals surface area contributed by atoms with Gasteiger partial charge in [-0.05, 0) is 82.0 Å². The standard InChI is InChI=1S/C34H50NO3P2.BrH/c1-5-37-40(36,38-6-2)34(30(3)4)35-28-20-9-7-8-10-21-29-39(31-22-14-11-15-23-31,32-24-16-12-17-25-32)33-26-18-13-19-27-33;/h11-19,22-27,30,34-35H,5-10,20-21,28-29H2,1-4H3;1H/q+1;/p-1. The zero-order valence-electron chi connectivity index (χ0n) is 25.4. The first kappa shape index (κ1) is 35.9. The van der Waals surface area contributed by atoms with Crippen LogP contribution in [0.4, 0.5) is 0 Å². The van der Waals surface area contributed by atoms with Crippen molar-refractivity contribution in [2.24, 2.45) is 5.92 Å². The first-order valence-electron chi connectivity index (χ1n) is 15.1. The van der Waals surface area contributed by atoms with Gasteiger partial charge in [0, 0.05) is 0 Å². The summed E-state index contributed by atoms with van der Waals surface area (Å²) in [4.78, 5) is 0. The van der Waals surface area contributed by atoms with Crippen molar-refractivity contribution < 1.29 is 30.6 Å². The molecule has 1 unspecified atom stereocenters. The quantitative estimate of drug-likeness (QED) is 0.142. The van der Waals surface area contributed by atoms with Crippen LogP contribution in [0.25, 0.3) is 0 Å². The normalized spacial score (nSPS) is 12.7. The van der Waals surface area contributed by atoms with Gasteiger partial charge >= 0.3 is 7.60 Å². The summed E-state index contributed by atoms with van der Waals surface area (Å²) in [6.45, 7) is 9.51. The van der Waals surface area contributed by atoms with E-state index in [-0.39, 0.29) is 28.7 Å². The lowest BCUT2D eigenvalue weighted by Crippen LogP contribution is -3.00. The Morgan fingerprint density at radius 1 is 0.659 bits per heavy atom. The van der Waals surface area contributed by atoms with Gasteiger partial charge in [0.05, 0.1) is 19.4 Å². The van der Waals surface area contributed by atoms with E-state index in [1.165, 1.54) is 54.2 Å². The number of hydrogen-bond acceptors (Lipinski definition) is 4. The molecule has 0 aliphatic heterocycles. The van der Waals surface area contributed by atoms with E-state index >= 15 is 0 Å². The SMILES string of the molecule is CCOP(=O)(OCC)C(NCCCCCCCC[P+](c1ccccc1)(c1ccccc1)c1ccccc1)C(C)C.[Br-]. The molecule has 0 aliphatic carbocycles. The molecular formula is C34H50BrNO3P2. The molecule has 0 fully saturated rings. The van der Waals surface area contributed by atoms with Crippen LogP contribution in [0.15, 0.2) is 91.0 Å². The predicted molar refractivity (Wildman–Crippen MR) is 175 cm³/mol. The van der Waals surface area contributed by atoms with Crippen LogP contribution in [-0.4, -0.2) is 31.7 Å². The minimum atomic E-state index is -3.16. The fourth-order valence-corrected chi connectivity index (χ4v) is 12.2. The molecule has 0 bridgehead atoms. The van der Waals surface area contributed by atoms with Gasteiger partial charge in [-0.15, -0.1) is 0 Å². The van der Waals surface area contributed by atoms with Gasteiger partial charge in [0.15, 0.2) is 0 Å². The number of hydrogen-bond donors (Lipinski definition) is 1. The minimum Gasteiger partial charge on any atom is -1.00 e. The molecule has 3 rings (SSSR count). The van der Waals surface area contributed by atoms with E-state index in [4.69, 9.17) is 9.05 Å². The Balaban J connectivity index is 0.00000588. The maximum atomic E-state index is 13.3. The van der Waals surface area contributed by atoms with Gasteiger partial charge in [-0.2, -0.15) is 0 Å². The number of benzene rings is 3. The molecule has 0 spiro atoms. The Kier molecular flexibility index (Phi) is 16.7. The monoisotopic (exact) mass is 661 g/mol. The molecule has 0 saturated heterocycles. The molecule has 1 N–H and O–H groups in total. The van der Waals surface area contributed by atoms with Crippen LogP contribution in [0.1, 0.15) is 66.2 Å². The van der Waals surface area contributed by atoms with Crippen molar-refractivity contribution in [2.75, 3.05) is 25.9 Å². The first-order chi connectivity index (χ1) is 19.5. The average Bonchev–Trinajstić information content (AvgIpc) is 2.97. The van der Waals surface area contributed by atoms with Gasteiger partial charge in [0.2, 0.25) is 0 Å². The summed E-state index contributed by atoms with van der Waals surface area (Å²) in [6, 6.07) is 33.5. The van der Waals surface area contributed by atoms with Crippen molar-refractivity contribution in [2.45, 2.75) is 72.0 Å². The lowest BCUT2D eigenvalue weighted by molar-refractivity contribution is -0.0000134. The van der Waals surface area contributed by atoms with Crippen molar-refractivity contribution in [3.63, 3.8) is 0 Å². The van der Waals surface area contributed by atoms with Gasteiger partial charge in [-0.25, -0.2) is 0 Å². The van der Waals surface area contributed by atoms with Crippen molar-refractivity contribution in [3.8, 4) is 0 Å². The lowest BCUT2D eigenvalue weighted by Gasteiger charge is -2.29. The van der Waals surface area contributed by atoms with E-state index in [0.717, 1.165) is 13.0 Å². The highest BCUT2D eigenvalue weighted by atomic mass is 79.9. The molecule has 0 heterocycles. The van der Waals surface area contributed by atoms with E-state index in [9.17, 15) is 4.57 Å². The van der Waals surface area contributed by atoms with E-state index in [1.807, 2.05) is 13.8 Å². The van der Waals surface area contributed by atoms with Crippen LogP contribution in [0.5, 0.6) is 0 Å². The molecule has 7 heteroatoms. The number of nitrogens with one attached hydrogen (secondary N) is 1. The van der Waals surface area contributed by atoms with Crippen molar-refractivity contribution in [1.82, 2.24) is 5.32 Å². The second-order valence-electron chi connectivity index (χ2n) is 10.7.